The second-order valence-corrected chi connectivity index (χ2v) is 11.2. The number of fused-ring (bicyclic) bond motifs is 2. The number of allylic oxidation sites excluding steroid dienone is 2. The zero-order valence-corrected chi connectivity index (χ0v) is 19.3. The molecule has 0 spiro atoms. The SMILES string of the molecule is CC1CC2=CCC(COc3cc(F)c(C(=O)N4CC(C)(O)C[C@H]4C(=O)O)cc3C3CC3)(C2)C1. The lowest BCUT2D eigenvalue weighted by Gasteiger charge is -2.36. The Balaban J connectivity index is 1.39. The van der Waals surface area contributed by atoms with Gasteiger partial charge in [-0.05, 0) is 68.9 Å². The second kappa shape index (κ2) is 7.83. The van der Waals surface area contributed by atoms with Gasteiger partial charge in [-0.3, -0.25) is 4.79 Å². The molecule has 6 nitrogen and oxygen atoms in total. The van der Waals surface area contributed by atoms with Crippen LogP contribution in [-0.4, -0.2) is 51.8 Å². The predicted octanol–water partition coefficient (Wildman–Crippen LogP) is 4.27. The van der Waals surface area contributed by atoms with Crippen molar-refractivity contribution in [3.05, 3.63) is 40.7 Å². The Morgan fingerprint density at radius 3 is 2.73 bits per heavy atom. The largest absolute Gasteiger partial charge is 0.493 e. The molecule has 1 heterocycles. The highest BCUT2D eigenvalue weighted by Crippen LogP contribution is 2.51. The number of amides is 1. The first kappa shape index (κ1) is 22.4. The van der Waals surface area contributed by atoms with Gasteiger partial charge >= 0.3 is 5.97 Å². The molecule has 33 heavy (non-hydrogen) atoms. The maximum absolute atomic E-state index is 15.2. The summed E-state index contributed by atoms with van der Waals surface area (Å²) in [6, 6.07) is 1.68. The van der Waals surface area contributed by atoms with Gasteiger partial charge in [-0.25, -0.2) is 9.18 Å². The van der Waals surface area contributed by atoms with E-state index >= 15 is 4.39 Å². The predicted molar refractivity (Wildman–Crippen MR) is 120 cm³/mol. The van der Waals surface area contributed by atoms with Crippen LogP contribution in [0.5, 0.6) is 5.75 Å². The van der Waals surface area contributed by atoms with Crippen molar-refractivity contribution in [1.29, 1.82) is 0 Å². The van der Waals surface area contributed by atoms with E-state index in [4.69, 9.17) is 4.74 Å². The molecule has 0 radical (unpaired) electrons. The molecule has 3 fully saturated rings. The number of hydrogen-bond acceptors (Lipinski definition) is 4. The van der Waals surface area contributed by atoms with E-state index in [-0.39, 0.29) is 29.9 Å². The number of carboxylic acids is 1. The van der Waals surface area contributed by atoms with E-state index in [1.54, 1.807) is 6.07 Å². The Labute approximate surface area is 193 Å². The van der Waals surface area contributed by atoms with Gasteiger partial charge in [-0.1, -0.05) is 18.6 Å². The van der Waals surface area contributed by atoms with Crippen LogP contribution in [0.25, 0.3) is 0 Å². The lowest BCUT2D eigenvalue weighted by Crippen LogP contribution is -2.41. The van der Waals surface area contributed by atoms with Crippen molar-refractivity contribution in [2.75, 3.05) is 13.2 Å². The van der Waals surface area contributed by atoms with Crippen molar-refractivity contribution in [3.63, 3.8) is 0 Å². The number of carbonyl (C=O) groups excluding carboxylic acids is 1. The molecule has 4 aliphatic rings. The number of rotatable bonds is 6. The Bertz CT molecular complexity index is 1030. The van der Waals surface area contributed by atoms with Crippen LogP contribution in [0, 0.1) is 17.2 Å². The van der Waals surface area contributed by atoms with Crippen molar-refractivity contribution in [1.82, 2.24) is 4.90 Å². The van der Waals surface area contributed by atoms with Gasteiger partial charge in [0.2, 0.25) is 0 Å². The van der Waals surface area contributed by atoms with E-state index in [1.807, 2.05) is 0 Å². The first-order valence-electron chi connectivity index (χ1n) is 12.0. The van der Waals surface area contributed by atoms with Crippen LogP contribution in [0.1, 0.15) is 80.6 Å². The standard InChI is InChI=1S/C26H32FNO5/c1-15-7-16-5-6-26(10-15,11-16)14-33-22-9-20(27)19(8-18(22)17-3-4-17)23(29)28-13-25(2,32)12-21(28)24(30)31/h5,8-9,15,17,21,32H,3-4,6-7,10-14H2,1-2H3,(H,30,31)/t15?,21-,25?,26?/m0/s1. The van der Waals surface area contributed by atoms with Crippen LogP contribution < -0.4 is 4.74 Å². The molecule has 1 aromatic carbocycles. The summed E-state index contributed by atoms with van der Waals surface area (Å²) < 4.78 is 21.5. The molecule has 3 unspecified atom stereocenters. The minimum absolute atomic E-state index is 0.0780. The number of aliphatic hydroxyl groups is 1. The molecule has 1 aliphatic heterocycles. The number of carbonyl (C=O) groups is 2. The summed E-state index contributed by atoms with van der Waals surface area (Å²) in [5.74, 6) is -1.27. The highest BCUT2D eigenvalue weighted by Gasteiger charge is 2.46. The number of likely N-dealkylation sites (tertiary alicyclic amines) is 1. The van der Waals surface area contributed by atoms with Crippen molar-refractivity contribution in [3.8, 4) is 5.75 Å². The zero-order chi connectivity index (χ0) is 23.5. The fraction of sp³-hybridized carbons (Fsp3) is 0.615. The molecule has 2 bridgehead atoms. The summed E-state index contributed by atoms with van der Waals surface area (Å²) in [6.45, 7) is 4.14. The first-order chi connectivity index (χ1) is 15.6. The molecule has 7 heteroatoms. The van der Waals surface area contributed by atoms with Crippen LogP contribution in [0.15, 0.2) is 23.8 Å². The van der Waals surface area contributed by atoms with Crippen molar-refractivity contribution in [2.45, 2.75) is 76.4 Å². The van der Waals surface area contributed by atoms with Gasteiger partial charge in [0.15, 0.2) is 0 Å². The van der Waals surface area contributed by atoms with Crippen LogP contribution in [0.3, 0.4) is 0 Å². The molecule has 0 aromatic heterocycles. The summed E-state index contributed by atoms with van der Waals surface area (Å²) in [5, 5.41) is 19.9. The highest BCUT2D eigenvalue weighted by molar-refractivity contribution is 5.97. The molecule has 4 atom stereocenters. The van der Waals surface area contributed by atoms with E-state index in [0.29, 0.717) is 18.3 Å². The number of carboxylic acid groups (broad SMARTS) is 1. The normalized spacial score (nSPS) is 33.2. The van der Waals surface area contributed by atoms with Gasteiger partial charge in [0.1, 0.15) is 17.6 Å². The topological polar surface area (TPSA) is 87.1 Å². The highest BCUT2D eigenvalue weighted by atomic mass is 19.1. The fourth-order valence-electron chi connectivity index (χ4n) is 6.19. The Morgan fingerprint density at radius 1 is 1.27 bits per heavy atom. The quantitative estimate of drug-likeness (QED) is 0.623. The smallest absolute Gasteiger partial charge is 0.326 e. The monoisotopic (exact) mass is 457 g/mol. The number of nitrogens with zero attached hydrogens (tertiary/aromatic N) is 1. The van der Waals surface area contributed by atoms with Crippen molar-refractivity contribution in [2.24, 2.45) is 11.3 Å². The number of aliphatic carboxylic acids is 1. The van der Waals surface area contributed by atoms with Crippen molar-refractivity contribution >= 4 is 11.9 Å². The Morgan fingerprint density at radius 2 is 2.03 bits per heavy atom. The van der Waals surface area contributed by atoms with Crippen molar-refractivity contribution < 1.29 is 28.9 Å². The number of hydrogen-bond donors (Lipinski definition) is 2. The van der Waals surface area contributed by atoms with Gasteiger partial charge in [0, 0.05) is 17.9 Å². The molecule has 5 rings (SSSR count). The number of ether oxygens (including phenoxy) is 1. The van der Waals surface area contributed by atoms with Gasteiger partial charge in [0.05, 0.1) is 24.3 Å². The first-order valence-corrected chi connectivity index (χ1v) is 12.0. The van der Waals surface area contributed by atoms with E-state index in [2.05, 4.69) is 13.0 Å². The summed E-state index contributed by atoms with van der Waals surface area (Å²) in [6.07, 6.45) is 8.46. The van der Waals surface area contributed by atoms with Gasteiger partial charge in [0.25, 0.3) is 5.91 Å². The summed E-state index contributed by atoms with van der Waals surface area (Å²) in [7, 11) is 0. The molecule has 3 aliphatic carbocycles. The fourth-order valence-corrected chi connectivity index (χ4v) is 6.19. The molecule has 178 valence electrons. The summed E-state index contributed by atoms with van der Waals surface area (Å²) >= 11 is 0. The lowest BCUT2D eigenvalue weighted by atomic mass is 9.72. The number of halogens is 1. The third-order valence-electron chi connectivity index (χ3n) is 7.77. The molecular formula is C26H32FNO5. The maximum atomic E-state index is 15.2. The average molecular weight is 458 g/mol. The third-order valence-corrected chi connectivity index (χ3v) is 7.77. The molecule has 2 N–H and O–H groups in total. The summed E-state index contributed by atoms with van der Waals surface area (Å²) in [4.78, 5) is 25.9. The van der Waals surface area contributed by atoms with E-state index in [0.717, 1.165) is 49.0 Å². The zero-order valence-electron chi connectivity index (χ0n) is 19.3. The van der Waals surface area contributed by atoms with E-state index < -0.39 is 29.3 Å². The lowest BCUT2D eigenvalue weighted by molar-refractivity contribution is -0.141. The molecular weight excluding hydrogens is 425 g/mol. The number of β-amino-alcohol motifs (C(OH)–C–C–N with tert-alkyl or cyclic N) is 1. The number of benzene rings is 1. The molecule has 2 saturated carbocycles. The molecule has 1 saturated heterocycles. The van der Waals surface area contributed by atoms with Gasteiger partial charge < -0.3 is 19.8 Å². The molecule has 1 amide bonds. The minimum atomic E-state index is -1.32. The average Bonchev–Trinajstić information content (AvgIpc) is 3.46. The second-order valence-electron chi connectivity index (χ2n) is 11.2. The Kier molecular flexibility index (Phi) is 5.31. The maximum Gasteiger partial charge on any atom is 0.326 e. The Hall–Kier alpha value is -2.41. The van der Waals surface area contributed by atoms with Gasteiger partial charge in [-0.15, -0.1) is 0 Å². The summed E-state index contributed by atoms with van der Waals surface area (Å²) in [5.41, 5.74) is 0.935. The van der Waals surface area contributed by atoms with Gasteiger partial charge in [-0.2, -0.15) is 0 Å². The molecule has 1 aromatic rings. The van der Waals surface area contributed by atoms with E-state index in [1.165, 1.54) is 18.6 Å². The van der Waals surface area contributed by atoms with Crippen LogP contribution in [0.2, 0.25) is 0 Å². The van der Waals surface area contributed by atoms with Crippen LogP contribution >= 0.6 is 0 Å². The van der Waals surface area contributed by atoms with E-state index in [9.17, 15) is 19.8 Å². The minimum Gasteiger partial charge on any atom is -0.493 e. The van der Waals surface area contributed by atoms with Crippen LogP contribution in [0.4, 0.5) is 4.39 Å². The van der Waals surface area contributed by atoms with Crippen LogP contribution in [-0.2, 0) is 4.79 Å². The third kappa shape index (κ3) is 4.27.